The smallest absolute Gasteiger partial charge is 0.261 e. The minimum Gasteiger partial charge on any atom is -0.394 e. The minimum atomic E-state index is -0.363. The first-order chi connectivity index (χ1) is 10.5. The van der Waals surface area contributed by atoms with E-state index in [4.69, 9.17) is 11.6 Å². The lowest BCUT2D eigenvalue weighted by molar-refractivity contribution is 0.236. The lowest BCUT2D eigenvalue weighted by Crippen LogP contribution is -2.25. The Morgan fingerprint density at radius 2 is 2.23 bits per heavy atom. The Labute approximate surface area is 130 Å². The van der Waals surface area contributed by atoms with Gasteiger partial charge in [0.15, 0.2) is 0 Å². The Morgan fingerprint density at radius 3 is 2.86 bits per heavy atom. The summed E-state index contributed by atoms with van der Waals surface area (Å²) in [5, 5.41) is 13.9. The van der Waals surface area contributed by atoms with Crippen molar-refractivity contribution < 1.29 is 5.11 Å². The van der Waals surface area contributed by atoms with Gasteiger partial charge in [0.05, 0.1) is 30.6 Å². The molecular formula is C14H14ClN5O2. The van der Waals surface area contributed by atoms with Gasteiger partial charge in [-0.05, 0) is 13.0 Å². The molecule has 0 aliphatic heterocycles. The number of nitrogens with zero attached hydrogens (tertiary/aromatic N) is 5. The van der Waals surface area contributed by atoms with E-state index in [0.717, 1.165) is 5.56 Å². The molecule has 3 aromatic heterocycles. The number of aliphatic hydroxyl groups excluding tert-OH is 1. The molecule has 0 amide bonds. The van der Waals surface area contributed by atoms with Gasteiger partial charge in [0, 0.05) is 18.8 Å². The third-order valence-electron chi connectivity index (χ3n) is 3.46. The standard InChI is InChI=1S/C14H14ClN5O2/c1-8(6-21)20-7-16-13-10(14(20)22)3-11(15)18-12(13)9-4-17-19(2)5-9/h3-5,7-8,21H,6H2,1-2H3. The first kappa shape index (κ1) is 14.7. The van der Waals surface area contributed by atoms with Crippen LogP contribution in [0.3, 0.4) is 0 Å². The molecule has 3 aromatic rings. The second-order valence-electron chi connectivity index (χ2n) is 5.08. The zero-order chi connectivity index (χ0) is 15.9. The van der Waals surface area contributed by atoms with Crippen molar-refractivity contribution in [3.05, 3.63) is 40.3 Å². The molecular weight excluding hydrogens is 306 g/mol. The SMILES string of the molecule is CC(CO)n1cnc2c(-c3cnn(C)c3)nc(Cl)cc2c1=O. The number of rotatable bonds is 3. The third-order valence-corrected chi connectivity index (χ3v) is 3.65. The molecule has 0 bridgehead atoms. The predicted octanol–water partition coefficient (Wildman–Crippen LogP) is 1.40. The fraction of sp³-hybridized carbons (Fsp3) is 0.286. The van der Waals surface area contributed by atoms with E-state index in [-0.39, 0.29) is 23.4 Å². The quantitative estimate of drug-likeness (QED) is 0.737. The number of aliphatic hydroxyl groups is 1. The number of aryl methyl sites for hydroxylation is 1. The average molecular weight is 320 g/mol. The van der Waals surface area contributed by atoms with Crippen molar-refractivity contribution in [1.82, 2.24) is 24.3 Å². The van der Waals surface area contributed by atoms with Crippen molar-refractivity contribution in [2.24, 2.45) is 7.05 Å². The Bertz CT molecular complexity index is 902. The highest BCUT2D eigenvalue weighted by Crippen LogP contribution is 2.25. The second kappa shape index (κ2) is 5.51. The van der Waals surface area contributed by atoms with Crippen molar-refractivity contribution in [3.63, 3.8) is 0 Å². The molecule has 114 valence electrons. The monoisotopic (exact) mass is 319 g/mol. The minimum absolute atomic E-state index is 0.151. The van der Waals surface area contributed by atoms with Gasteiger partial charge >= 0.3 is 0 Å². The summed E-state index contributed by atoms with van der Waals surface area (Å²) in [4.78, 5) is 21.2. The summed E-state index contributed by atoms with van der Waals surface area (Å²) in [5.74, 6) is 0. The number of pyridine rings is 1. The first-order valence-electron chi connectivity index (χ1n) is 6.68. The van der Waals surface area contributed by atoms with Crippen LogP contribution in [0.25, 0.3) is 22.2 Å². The highest BCUT2D eigenvalue weighted by atomic mass is 35.5. The van der Waals surface area contributed by atoms with Gasteiger partial charge in [-0.1, -0.05) is 11.6 Å². The Morgan fingerprint density at radius 1 is 1.45 bits per heavy atom. The Hall–Kier alpha value is -2.25. The normalized spacial score (nSPS) is 12.7. The summed E-state index contributed by atoms with van der Waals surface area (Å²) in [6.07, 6.45) is 4.84. The molecule has 0 aliphatic rings. The molecule has 0 radical (unpaired) electrons. The number of hydrogen-bond donors (Lipinski definition) is 1. The van der Waals surface area contributed by atoms with E-state index in [9.17, 15) is 9.90 Å². The Balaban J connectivity index is 2.32. The number of halogens is 1. The lowest BCUT2D eigenvalue weighted by atomic mass is 10.1. The van der Waals surface area contributed by atoms with E-state index in [0.29, 0.717) is 16.6 Å². The summed E-state index contributed by atoms with van der Waals surface area (Å²) in [7, 11) is 1.79. The van der Waals surface area contributed by atoms with Crippen LogP contribution in [0.5, 0.6) is 0 Å². The second-order valence-corrected chi connectivity index (χ2v) is 5.47. The number of fused-ring (bicyclic) bond motifs is 1. The first-order valence-corrected chi connectivity index (χ1v) is 7.06. The van der Waals surface area contributed by atoms with Gasteiger partial charge in [-0.3, -0.25) is 14.0 Å². The Kier molecular flexibility index (Phi) is 3.67. The molecule has 8 heteroatoms. The average Bonchev–Trinajstić information content (AvgIpc) is 2.93. The fourth-order valence-electron chi connectivity index (χ4n) is 2.26. The molecule has 0 saturated carbocycles. The van der Waals surface area contributed by atoms with Crippen molar-refractivity contribution in [1.29, 1.82) is 0 Å². The molecule has 3 heterocycles. The predicted molar refractivity (Wildman–Crippen MR) is 82.8 cm³/mol. The summed E-state index contributed by atoms with van der Waals surface area (Å²) in [5.41, 5.74) is 1.44. The fourth-order valence-corrected chi connectivity index (χ4v) is 2.45. The van der Waals surface area contributed by atoms with Crippen molar-refractivity contribution in [3.8, 4) is 11.3 Å². The molecule has 0 spiro atoms. The molecule has 0 aliphatic carbocycles. The van der Waals surface area contributed by atoms with E-state index >= 15 is 0 Å². The largest absolute Gasteiger partial charge is 0.394 e. The van der Waals surface area contributed by atoms with Crippen LogP contribution in [0, 0.1) is 0 Å². The molecule has 0 fully saturated rings. The molecule has 0 saturated heterocycles. The number of hydrogen-bond acceptors (Lipinski definition) is 5. The molecule has 1 unspecified atom stereocenters. The van der Waals surface area contributed by atoms with Crippen LogP contribution in [0.2, 0.25) is 5.15 Å². The van der Waals surface area contributed by atoms with Gasteiger partial charge in [0.25, 0.3) is 5.56 Å². The van der Waals surface area contributed by atoms with Gasteiger partial charge in [0.1, 0.15) is 16.4 Å². The molecule has 7 nitrogen and oxygen atoms in total. The van der Waals surface area contributed by atoms with Crippen molar-refractivity contribution in [2.75, 3.05) is 6.61 Å². The topological polar surface area (TPSA) is 85.8 Å². The molecule has 22 heavy (non-hydrogen) atoms. The third kappa shape index (κ3) is 2.38. The van der Waals surface area contributed by atoms with E-state index in [1.54, 1.807) is 31.0 Å². The van der Waals surface area contributed by atoms with Crippen LogP contribution in [-0.4, -0.2) is 36.0 Å². The van der Waals surface area contributed by atoms with Crippen LogP contribution in [0.15, 0.2) is 29.6 Å². The highest BCUT2D eigenvalue weighted by Gasteiger charge is 2.16. The lowest BCUT2D eigenvalue weighted by Gasteiger charge is -2.13. The maximum atomic E-state index is 12.6. The van der Waals surface area contributed by atoms with Crippen molar-refractivity contribution >= 4 is 22.5 Å². The van der Waals surface area contributed by atoms with Gasteiger partial charge in [-0.15, -0.1) is 0 Å². The van der Waals surface area contributed by atoms with Gasteiger partial charge < -0.3 is 5.11 Å². The maximum absolute atomic E-state index is 12.6. The summed E-state index contributed by atoms with van der Waals surface area (Å²) < 4.78 is 3.02. The van der Waals surface area contributed by atoms with Crippen LogP contribution >= 0.6 is 11.6 Å². The van der Waals surface area contributed by atoms with E-state index in [2.05, 4.69) is 15.1 Å². The summed E-state index contributed by atoms with van der Waals surface area (Å²) in [6.45, 7) is 1.58. The van der Waals surface area contributed by atoms with E-state index in [1.165, 1.54) is 17.0 Å². The van der Waals surface area contributed by atoms with Crippen molar-refractivity contribution in [2.45, 2.75) is 13.0 Å². The molecule has 1 atom stereocenters. The van der Waals surface area contributed by atoms with Crippen LogP contribution < -0.4 is 5.56 Å². The van der Waals surface area contributed by atoms with E-state index < -0.39 is 0 Å². The zero-order valence-corrected chi connectivity index (χ0v) is 12.8. The number of aromatic nitrogens is 5. The zero-order valence-electron chi connectivity index (χ0n) is 12.1. The van der Waals surface area contributed by atoms with Gasteiger partial charge in [-0.2, -0.15) is 5.10 Å². The van der Waals surface area contributed by atoms with Gasteiger partial charge in [0.2, 0.25) is 0 Å². The molecule has 1 N–H and O–H groups in total. The molecule has 3 rings (SSSR count). The molecule has 0 aromatic carbocycles. The summed E-state index contributed by atoms with van der Waals surface area (Å²) in [6, 6.07) is 1.13. The van der Waals surface area contributed by atoms with E-state index in [1.807, 2.05) is 0 Å². The van der Waals surface area contributed by atoms with Gasteiger partial charge in [-0.25, -0.2) is 9.97 Å². The van der Waals surface area contributed by atoms with Crippen LogP contribution in [-0.2, 0) is 7.05 Å². The van der Waals surface area contributed by atoms with Crippen LogP contribution in [0.4, 0.5) is 0 Å². The van der Waals surface area contributed by atoms with Crippen LogP contribution in [0.1, 0.15) is 13.0 Å². The highest BCUT2D eigenvalue weighted by molar-refractivity contribution is 6.30. The maximum Gasteiger partial charge on any atom is 0.261 e. The summed E-state index contributed by atoms with van der Waals surface area (Å²) >= 11 is 6.05.